The van der Waals surface area contributed by atoms with Gasteiger partial charge in [-0.1, -0.05) is 30.3 Å². The molecule has 0 aliphatic carbocycles. The maximum atomic E-state index is 12.2. The van der Waals surface area contributed by atoms with E-state index in [0.29, 0.717) is 6.54 Å². The molecule has 1 amide bonds. The first kappa shape index (κ1) is 17.5. The third-order valence-electron chi connectivity index (χ3n) is 4.74. The Bertz CT molecular complexity index is 663. The minimum atomic E-state index is -0.0199. The van der Waals surface area contributed by atoms with Gasteiger partial charge in [0.2, 0.25) is 5.91 Å². The highest BCUT2D eigenvalue weighted by molar-refractivity contribution is 5.92. The average Bonchev–Trinajstić information content (AvgIpc) is 2.68. The molecule has 1 aliphatic heterocycles. The van der Waals surface area contributed by atoms with Gasteiger partial charge in [0.15, 0.2) is 0 Å². The summed E-state index contributed by atoms with van der Waals surface area (Å²) in [5.41, 5.74) is 3.27. The molecule has 2 N–H and O–H groups in total. The fraction of sp³-hybridized carbons (Fsp3) is 0.381. The number of hydrogen-bond acceptors (Lipinski definition) is 3. The normalized spacial score (nSPS) is 15.6. The Labute approximate surface area is 150 Å². The van der Waals surface area contributed by atoms with E-state index in [-0.39, 0.29) is 11.9 Å². The molecule has 0 saturated carbocycles. The van der Waals surface area contributed by atoms with E-state index in [0.717, 1.165) is 18.8 Å². The number of piperidine rings is 1. The number of nitrogens with one attached hydrogen (secondary N) is 2. The Kier molecular flexibility index (Phi) is 6.07. The lowest BCUT2D eigenvalue weighted by Gasteiger charge is -2.28. The first-order valence-corrected chi connectivity index (χ1v) is 9.15. The Hall–Kier alpha value is -2.33. The summed E-state index contributed by atoms with van der Waals surface area (Å²) < 4.78 is 0. The van der Waals surface area contributed by atoms with Gasteiger partial charge in [0.25, 0.3) is 0 Å². The van der Waals surface area contributed by atoms with Crippen LogP contribution in [0.25, 0.3) is 0 Å². The van der Waals surface area contributed by atoms with E-state index in [2.05, 4.69) is 46.7 Å². The Balaban J connectivity index is 1.47. The second-order valence-corrected chi connectivity index (χ2v) is 6.66. The van der Waals surface area contributed by atoms with Crippen molar-refractivity contribution in [3.05, 3.63) is 60.2 Å². The lowest BCUT2D eigenvalue weighted by atomic mass is 10.1. The van der Waals surface area contributed by atoms with Crippen molar-refractivity contribution < 1.29 is 4.79 Å². The number of rotatable bonds is 6. The van der Waals surface area contributed by atoms with Gasteiger partial charge >= 0.3 is 0 Å². The summed E-state index contributed by atoms with van der Waals surface area (Å²) in [6.07, 6.45) is 3.87. The molecule has 0 spiro atoms. The first-order chi connectivity index (χ1) is 12.2. The fourth-order valence-corrected chi connectivity index (χ4v) is 3.22. The van der Waals surface area contributed by atoms with Crippen LogP contribution in [-0.2, 0) is 4.79 Å². The molecule has 0 unspecified atom stereocenters. The maximum absolute atomic E-state index is 12.2. The number of nitrogens with zero attached hydrogens (tertiary/aromatic N) is 1. The highest BCUT2D eigenvalue weighted by atomic mass is 16.1. The van der Waals surface area contributed by atoms with Crippen molar-refractivity contribution in [3.63, 3.8) is 0 Å². The highest BCUT2D eigenvalue weighted by Gasteiger charge is 2.11. The van der Waals surface area contributed by atoms with Crippen LogP contribution in [0.15, 0.2) is 54.6 Å². The number of anilines is 2. The summed E-state index contributed by atoms with van der Waals surface area (Å²) in [5.74, 6) is -0.0199. The van der Waals surface area contributed by atoms with Crippen molar-refractivity contribution in [1.82, 2.24) is 5.32 Å². The largest absolute Gasteiger partial charge is 0.372 e. The molecule has 1 aliphatic rings. The first-order valence-electron chi connectivity index (χ1n) is 9.15. The van der Waals surface area contributed by atoms with Crippen molar-refractivity contribution >= 4 is 17.3 Å². The van der Waals surface area contributed by atoms with Crippen molar-refractivity contribution in [3.8, 4) is 0 Å². The number of carbonyl (C=O) groups is 1. The Morgan fingerprint density at radius 2 is 1.68 bits per heavy atom. The number of carbonyl (C=O) groups excluding carboxylic acids is 1. The molecule has 4 heteroatoms. The fourth-order valence-electron chi connectivity index (χ4n) is 3.22. The van der Waals surface area contributed by atoms with Gasteiger partial charge < -0.3 is 15.5 Å². The zero-order valence-electron chi connectivity index (χ0n) is 14.9. The van der Waals surface area contributed by atoms with Crippen LogP contribution < -0.4 is 15.5 Å². The predicted molar refractivity (Wildman–Crippen MR) is 104 cm³/mol. The SMILES string of the molecule is C[C@H](NCC(=O)Nc1ccc(N2CCCCC2)cc1)c1ccccc1. The molecule has 2 aromatic rings. The minimum absolute atomic E-state index is 0.0199. The molecule has 1 saturated heterocycles. The van der Waals surface area contributed by atoms with Crippen LogP contribution in [0.4, 0.5) is 11.4 Å². The van der Waals surface area contributed by atoms with Crippen molar-refractivity contribution in [2.24, 2.45) is 0 Å². The number of hydrogen-bond donors (Lipinski definition) is 2. The average molecular weight is 337 g/mol. The van der Waals surface area contributed by atoms with E-state index in [9.17, 15) is 4.79 Å². The Morgan fingerprint density at radius 3 is 2.36 bits per heavy atom. The van der Waals surface area contributed by atoms with Gasteiger partial charge in [-0.2, -0.15) is 0 Å². The van der Waals surface area contributed by atoms with Crippen LogP contribution >= 0.6 is 0 Å². The Morgan fingerprint density at radius 1 is 1.00 bits per heavy atom. The van der Waals surface area contributed by atoms with Crippen LogP contribution in [0, 0.1) is 0 Å². The van der Waals surface area contributed by atoms with Gasteiger partial charge in [-0.15, -0.1) is 0 Å². The molecule has 0 bridgehead atoms. The molecule has 4 nitrogen and oxygen atoms in total. The monoisotopic (exact) mass is 337 g/mol. The second kappa shape index (κ2) is 8.67. The smallest absolute Gasteiger partial charge is 0.238 e. The third kappa shape index (κ3) is 5.07. The van der Waals surface area contributed by atoms with Gasteiger partial charge in [-0.25, -0.2) is 0 Å². The summed E-state index contributed by atoms with van der Waals surface area (Å²) in [7, 11) is 0. The molecular formula is C21H27N3O. The van der Waals surface area contributed by atoms with Crippen molar-refractivity contribution in [2.45, 2.75) is 32.2 Å². The van der Waals surface area contributed by atoms with Crippen LogP contribution in [0.5, 0.6) is 0 Å². The molecule has 1 heterocycles. The second-order valence-electron chi connectivity index (χ2n) is 6.66. The molecule has 2 aromatic carbocycles. The lowest BCUT2D eigenvalue weighted by molar-refractivity contribution is -0.115. The summed E-state index contributed by atoms with van der Waals surface area (Å²) in [5, 5.41) is 6.22. The van der Waals surface area contributed by atoms with E-state index < -0.39 is 0 Å². The molecule has 0 radical (unpaired) electrons. The van der Waals surface area contributed by atoms with Crippen molar-refractivity contribution in [1.29, 1.82) is 0 Å². The molecule has 3 rings (SSSR count). The zero-order valence-corrected chi connectivity index (χ0v) is 14.9. The standard InChI is InChI=1S/C21H27N3O/c1-17(18-8-4-2-5-9-18)22-16-21(25)23-19-10-12-20(13-11-19)24-14-6-3-7-15-24/h2,4-5,8-13,17,22H,3,6-7,14-16H2,1H3,(H,23,25)/t17-/m0/s1. The van der Waals surface area contributed by atoms with E-state index in [1.54, 1.807) is 0 Å². The molecular weight excluding hydrogens is 310 g/mol. The van der Waals surface area contributed by atoms with Crippen molar-refractivity contribution in [2.75, 3.05) is 29.9 Å². The molecule has 132 valence electrons. The van der Waals surface area contributed by atoms with Crippen LogP contribution in [-0.4, -0.2) is 25.5 Å². The van der Waals surface area contributed by atoms with E-state index in [1.165, 1.54) is 30.5 Å². The topological polar surface area (TPSA) is 44.4 Å². The van der Waals surface area contributed by atoms with Gasteiger partial charge in [-0.3, -0.25) is 4.79 Å². The van der Waals surface area contributed by atoms with Gasteiger partial charge in [0.1, 0.15) is 0 Å². The minimum Gasteiger partial charge on any atom is -0.372 e. The summed E-state index contributed by atoms with van der Waals surface area (Å²) in [6, 6.07) is 18.5. The zero-order chi connectivity index (χ0) is 17.5. The van der Waals surface area contributed by atoms with Gasteiger partial charge in [0.05, 0.1) is 6.54 Å². The number of amides is 1. The summed E-state index contributed by atoms with van der Waals surface area (Å²) in [6.45, 7) is 4.62. The predicted octanol–water partition coefficient (Wildman–Crippen LogP) is 3.97. The van der Waals surface area contributed by atoms with Gasteiger partial charge in [0, 0.05) is 30.5 Å². The van der Waals surface area contributed by atoms with Crippen LogP contribution in [0.1, 0.15) is 37.8 Å². The van der Waals surface area contributed by atoms with E-state index in [4.69, 9.17) is 0 Å². The van der Waals surface area contributed by atoms with E-state index >= 15 is 0 Å². The van der Waals surface area contributed by atoms with Gasteiger partial charge in [-0.05, 0) is 56.0 Å². The summed E-state index contributed by atoms with van der Waals surface area (Å²) >= 11 is 0. The molecule has 1 atom stereocenters. The molecule has 0 aromatic heterocycles. The molecule has 25 heavy (non-hydrogen) atoms. The van der Waals surface area contributed by atoms with E-state index in [1.807, 2.05) is 30.3 Å². The van der Waals surface area contributed by atoms with Crippen LogP contribution in [0.3, 0.4) is 0 Å². The third-order valence-corrected chi connectivity index (χ3v) is 4.74. The van der Waals surface area contributed by atoms with Crippen LogP contribution in [0.2, 0.25) is 0 Å². The molecule has 1 fully saturated rings. The number of benzene rings is 2. The lowest BCUT2D eigenvalue weighted by Crippen LogP contribution is -2.30. The maximum Gasteiger partial charge on any atom is 0.238 e. The highest BCUT2D eigenvalue weighted by Crippen LogP contribution is 2.21. The summed E-state index contributed by atoms with van der Waals surface area (Å²) in [4.78, 5) is 14.6. The quantitative estimate of drug-likeness (QED) is 0.838.